The first-order valence-electron chi connectivity index (χ1n) is 13.0. The minimum Gasteiger partial charge on any atom is -0.371 e. The Kier molecular flexibility index (Phi) is 6.38. The van der Waals surface area contributed by atoms with E-state index >= 15 is 0 Å². The van der Waals surface area contributed by atoms with E-state index < -0.39 is 0 Å². The van der Waals surface area contributed by atoms with Gasteiger partial charge >= 0.3 is 0 Å². The number of carbonyl (C=O) groups is 1. The lowest BCUT2D eigenvalue weighted by molar-refractivity contribution is 0.0659. The van der Waals surface area contributed by atoms with Crippen molar-refractivity contribution in [2.45, 2.75) is 51.9 Å². The number of benzene rings is 2. The molecule has 5 rings (SSSR count). The van der Waals surface area contributed by atoms with E-state index in [9.17, 15) is 4.79 Å². The second-order valence-electron chi connectivity index (χ2n) is 11.0. The normalized spacial score (nSPS) is 19.4. The molecule has 178 valence electrons. The van der Waals surface area contributed by atoms with Crippen LogP contribution in [-0.2, 0) is 6.42 Å². The molecule has 0 spiro atoms. The molecule has 3 aliphatic rings. The van der Waals surface area contributed by atoms with E-state index in [2.05, 4.69) is 61.4 Å². The van der Waals surface area contributed by atoms with E-state index in [0.717, 1.165) is 49.6 Å². The van der Waals surface area contributed by atoms with Crippen LogP contribution in [0.2, 0.25) is 0 Å². The number of piperazine rings is 1. The van der Waals surface area contributed by atoms with Crippen LogP contribution in [0.1, 0.15) is 61.4 Å². The van der Waals surface area contributed by atoms with Gasteiger partial charge in [-0.2, -0.15) is 0 Å². The molecule has 3 heteroatoms. The van der Waals surface area contributed by atoms with Gasteiger partial charge in [-0.25, -0.2) is 0 Å². The van der Waals surface area contributed by atoms with Crippen LogP contribution in [0.25, 0.3) is 11.1 Å². The van der Waals surface area contributed by atoms with Gasteiger partial charge in [-0.1, -0.05) is 81.3 Å². The van der Waals surface area contributed by atoms with Gasteiger partial charge in [-0.05, 0) is 60.4 Å². The summed E-state index contributed by atoms with van der Waals surface area (Å²) in [6, 6.07) is 16.9. The highest BCUT2D eigenvalue weighted by atomic mass is 16.2. The highest BCUT2D eigenvalue weighted by Gasteiger charge is 2.42. The van der Waals surface area contributed by atoms with Gasteiger partial charge in [-0.15, -0.1) is 0 Å². The zero-order chi connectivity index (χ0) is 23.7. The maximum Gasteiger partial charge on any atom is 0.253 e. The lowest BCUT2D eigenvalue weighted by Crippen LogP contribution is -2.48. The third-order valence-electron chi connectivity index (χ3n) is 8.29. The number of nitrogens with zero attached hydrogens (tertiary/aromatic N) is 2. The number of carbonyl (C=O) groups excluding carboxylic acids is 1. The summed E-state index contributed by atoms with van der Waals surface area (Å²) in [5.41, 5.74) is 7.37. The Morgan fingerprint density at radius 3 is 2.24 bits per heavy atom. The van der Waals surface area contributed by atoms with E-state index in [-0.39, 0.29) is 5.91 Å². The number of hydrogen-bond acceptors (Lipinski definition) is 2. The molecule has 2 aromatic rings. The average Bonchev–Trinajstić information content (AvgIpc) is 3.59. The second kappa shape index (κ2) is 9.44. The van der Waals surface area contributed by atoms with Crippen molar-refractivity contribution in [3.8, 4) is 11.1 Å². The zero-order valence-corrected chi connectivity index (χ0v) is 20.7. The van der Waals surface area contributed by atoms with Crippen LogP contribution in [0.5, 0.6) is 0 Å². The molecular formula is C31H38N2O. The summed E-state index contributed by atoms with van der Waals surface area (Å²) in [4.78, 5) is 17.5. The van der Waals surface area contributed by atoms with E-state index in [1.807, 2.05) is 17.0 Å². The predicted octanol–water partition coefficient (Wildman–Crippen LogP) is 6.71. The first-order valence-corrected chi connectivity index (χ1v) is 13.0. The summed E-state index contributed by atoms with van der Waals surface area (Å²) in [6.45, 7) is 14.3. The average molecular weight is 455 g/mol. The Hall–Kier alpha value is -2.81. The fourth-order valence-corrected chi connectivity index (χ4v) is 5.35. The van der Waals surface area contributed by atoms with E-state index in [0.29, 0.717) is 5.41 Å². The molecule has 3 fully saturated rings. The topological polar surface area (TPSA) is 23.6 Å². The summed E-state index contributed by atoms with van der Waals surface area (Å²) in [7, 11) is 0. The third-order valence-corrected chi connectivity index (χ3v) is 8.29. The SMILES string of the molecule is C=C(Cc1cccc(-c2ccc(C(=O)N3CCN(C(=C)C4(C)CC4)CC3)cc2)c1)CC1CCC1. The minimum atomic E-state index is 0.135. The molecule has 0 atom stereocenters. The van der Waals surface area contributed by atoms with Crippen molar-refractivity contribution in [3.05, 3.63) is 84.1 Å². The Balaban J connectivity index is 1.18. The Bertz CT molecular complexity index is 1070. The number of rotatable bonds is 8. The Morgan fingerprint density at radius 2 is 1.62 bits per heavy atom. The number of hydrogen-bond donors (Lipinski definition) is 0. The molecule has 2 saturated carbocycles. The molecule has 3 nitrogen and oxygen atoms in total. The summed E-state index contributed by atoms with van der Waals surface area (Å²) >= 11 is 0. The molecule has 1 heterocycles. The minimum absolute atomic E-state index is 0.135. The second-order valence-corrected chi connectivity index (χ2v) is 11.0. The molecule has 1 amide bonds. The maximum atomic E-state index is 13.1. The van der Waals surface area contributed by atoms with Gasteiger partial charge in [0.15, 0.2) is 0 Å². The van der Waals surface area contributed by atoms with Crippen molar-refractivity contribution in [2.75, 3.05) is 26.2 Å². The van der Waals surface area contributed by atoms with Crippen LogP contribution in [0.4, 0.5) is 0 Å². The van der Waals surface area contributed by atoms with Crippen molar-refractivity contribution in [1.82, 2.24) is 9.80 Å². The molecule has 0 unspecified atom stereocenters. The first-order chi connectivity index (χ1) is 16.4. The molecule has 1 aliphatic heterocycles. The van der Waals surface area contributed by atoms with Crippen LogP contribution in [-0.4, -0.2) is 41.9 Å². The van der Waals surface area contributed by atoms with Crippen molar-refractivity contribution >= 4 is 5.91 Å². The summed E-state index contributed by atoms with van der Waals surface area (Å²) in [5, 5.41) is 0. The van der Waals surface area contributed by atoms with Gasteiger partial charge in [0.25, 0.3) is 5.91 Å². The number of amides is 1. The fourth-order valence-electron chi connectivity index (χ4n) is 5.35. The van der Waals surface area contributed by atoms with Gasteiger partial charge < -0.3 is 9.80 Å². The highest BCUT2D eigenvalue weighted by Crippen LogP contribution is 2.51. The summed E-state index contributed by atoms with van der Waals surface area (Å²) < 4.78 is 0. The van der Waals surface area contributed by atoms with E-state index in [4.69, 9.17) is 0 Å². The Labute approximate surface area is 205 Å². The molecule has 0 aromatic heterocycles. The first kappa shape index (κ1) is 23.0. The van der Waals surface area contributed by atoms with Gasteiger partial charge in [0.1, 0.15) is 0 Å². The van der Waals surface area contributed by atoms with Crippen molar-refractivity contribution in [3.63, 3.8) is 0 Å². The zero-order valence-electron chi connectivity index (χ0n) is 20.7. The van der Waals surface area contributed by atoms with Crippen molar-refractivity contribution in [1.29, 1.82) is 0 Å². The van der Waals surface area contributed by atoms with Gasteiger partial charge in [0, 0.05) is 42.9 Å². The van der Waals surface area contributed by atoms with Crippen LogP contribution >= 0.6 is 0 Å². The van der Waals surface area contributed by atoms with Crippen LogP contribution in [0.3, 0.4) is 0 Å². The van der Waals surface area contributed by atoms with Gasteiger partial charge in [0.2, 0.25) is 0 Å². The van der Waals surface area contributed by atoms with E-state index in [1.54, 1.807) is 0 Å². The third kappa shape index (κ3) is 4.99. The van der Waals surface area contributed by atoms with Crippen LogP contribution in [0, 0.1) is 11.3 Å². The van der Waals surface area contributed by atoms with E-state index in [1.165, 1.54) is 60.9 Å². The molecule has 0 bridgehead atoms. The highest BCUT2D eigenvalue weighted by molar-refractivity contribution is 5.94. The van der Waals surface area contributed by atoms with Gasteiger partial charge in [-0.3, -0.25) is 4.79 Å². The molecule has 34 heavy (non-hydrogen) atoms. The lowest BCUT2D eigenvalue weighted by atomic mass is 9.80. The number of allylic oxidation sites excluding steroid dienone is 2. The summed E-state index contributed by atoms with van der Waals surface area (Å²) in [6.07, 6.45) is 8.74. The molecule has 1 saturated heterocycles. The smallest absolute Gasteiger partial charge is 0.253 e. The van der Waals surface area contributed by atoms with Crippen molar-refractivity contribution < 1.29 is 4.79 Å². The largest absolute Gasteiger partial charge is 0.371 e. The molecule has 0 N–H and O–H groups in total. The standard InChI is InChI=1S/C31H38N2O/c1-23(20-25-6-4-7-25)21-26-8-5-9-29(22-26)27-10-12-28(13-11-27)30(34)33-18-16-32(17-19-33)24(2)31(3)14-15-31/h5,8-13,22,25H,1-2,4,6-7,14-21H2,3H3. The Morgan fingerprint density at radius 1 is 0.941 bits per heavy atom. The van der Waals surface area contributed by atoms with Gasteiger partial charge in [0.05, 0.1) is 0 Å². The molecular weight excluding hydrogens is 416 g/mol. The quantitative estimate of drug-likeness (QED) is 0.414. The van der Waals surface area contributed by atoms with Crippen LogP contribution < -0.4 is 0 Å². The summed E-state index contributed by atoms with van der Waals surface area (Å²) in [5.74, 6) is 1.000. The fraction of sp³-hybridized carbons (Fsp3) is 0.452. The van der Waals surface area contributed by atoms with Crippen molar-refractivity contribution in [2.24, 2.45) is 11.3 Å². The molecule has 2 aliphatic carbocycles. The maximum absolute atomic E-state index is 13.1. The monoisotopic (exact) mass is 454 g/mol. The molecule has 0 radical (unpaired) electrons. The predicted molar refractivity (Wildman–Crippen MR) is 141 cm³/mol. The molecule has 2 aromatic carbocycles. The van der Waals surface area contributed by atoms with Crippen LogP contribution in [0.15, 0.2) is 73.0 Å². The lowest BCUT2D eigenvalue weighted by Gasteiger charge is -2.39.